The molecule has 0 bridgehead atoms. The molecule has 0 aliphatic carbocycles. The summed E-state index contributed by atoms with van der Waals surface area (Å²) < 4.78 is 1.60. The van der Waals surface area contributed by atoms with Crippen LogP contribution in [0, 0.1) is 0 Å². The molecule has 3 heterocycles. The van der Waals surface area contributed by atoms with Gasteiger partial charge in [-0.3, -0.25) is 14.8 Å². The number of benzene rings is 1. The summed E-state index contributed by atoms with van der Waals surface area (Å²) in [6, 6.07) is 16.3. The minimum Gasteiger partial charge on any atom is -0.345 e. The third kappa shape index (κ3) is 3.74. The van der Waals surface area contributed by atoms with E-state index in [4.69, 9.17) is 11.6 Å². The lowest BCUT2D eigenvalue weighted by Gasteiger charge is -2.09. The smallest absolute Gasteiger partial charge is 0.274 e. The van der Waals surface area contributed by atoms with Gasteiger partial charge >= 0.3 is 0 Å². The largest absolute Gasteiger partial charge is 0.345 e. The van der Waals surface area contributed by atoms with E-state index >= 15 is 0 Å². The molecule has 7 nitrogen and oxygen atoms in total. The second-order valence-electron chi connectivity index (χ2n) is 5.92. The van der Waals surface area contributed by atoms with Crippen molar-refractivity contribution in [2.45, 2.75) is 6.54 Å². The molecule has 0 unspecified atom stereocenters. The molecule has 0 aliphatic rings. The van der Waals surface area contributed by atoms with E-state index in [0.29, 0.717) is 17.3 Å². The Balaban J connectivity index is 1.71. The highest BCUT2D eigenvalue weighted by molar-refractivity contribution is 6.30. The Hall–Kier alpha value is -3.58. The summed E-state index contributed by atoms with van der Waals surface area (Å²) in [5, 5.41) is 11.8. The molecule has 28 heavy (non-hydrogen) atoms. The van der Waals surface area contributed by atoms with Gasteiger partial charge in [0.15, 0.2) is 5.69 Å². The fourth-order valence-corrected chi connectivity index (χ4v) is 2.84. The van der Waals surface area contributed by atoms with Gasteiger partial charge in [-0.2, -0.15) is 0 Å². The number of aromatic nitrogens is 5. The van der Waals surface area contributed by atoms with Crippen LogP contribution >= 0.6 is 11.6 Å². The molecule has 8 heteroatoms. The summed E-state index contributed by atoms with van der Waals surface area (Å²) in [5.41, 5.74) is 2.97. The van der Waals surface area contributed by atoms with Gasteiger partial charge in [0.05, 0.1) is 17.9 Å². The number of nitrogens with zero attached hydrogens (tertiary/aromatic N) is 5. The Kier molecular flexibility index (Phi) is 5.07. The zero-order valence-electron chi connectivity index (χ0n) is 14.7. The van der Waals surface area contributed by atoms with Gasteiger partial charge in [-0.25, -0.2) is 4.68 Å². The first-order valence-electron chi connectivity index (χ1n) is 8.52. The monoisotopic (exact) mass is 390 g/mol. The molecule has 0 radical (unpaired) electrons. The van der Waals surface area contributed by atoms with Crippen LogP contribution in [0.25, 0.3) is 16.9 Å². The van der Waals surface area contributed by atoms with Crippen LogP contribution in [0.1, 0.15) is 16.2 Å². The average Bonchev–Trinajstić information content (AvgIpc) is 3.19. The standard InChI is InChI=1S/C20H15ClN6O/c21-15-6-8-17(9-7-15)27-19(14-4-3-10-22-12-14)18(25-26-27)20(28)24-13-16-5-1-2-11-23-16/h1-12H,13H2,(H,24,28). The Labute approximate surface area is 166 Å². The van der Waals surface area contributed by atoms with E-state index in [1.807, 2.05) is 36.4 Å². The highest BCUT2D eigenvalue weighted by Gasteiger charge is 2.22. The van der Waals surface area contributed by atoms with Gasteiger partial charge < -0.3 is 5.32 Å². The molecule has 0 atom stereocenters. The Morgan fingerprint density at radius 1 is 1.04 bits per heavy atom. The third-order valence-electron chi connectivity index (χ3n) is 4.05. The minimum atomic E-state index is -0.343. The number of hydrogen-bond acceptors (Lipinski definition) is 5. The first-order chi connectivity index (χ1) is 13.7. The van der Waals surface area contributed by atoms with Crippen molar-refractivity contribution in [2.75, 3.05) is 0 Å². The number of hydrogen-bond donors (Lipinski definition) is 1. The molecule has 3 aromatic heterocycles. The first kappa shape index (κ1) is 17.8. The van der Waals surface area contributed by atoms with Crippen molar-refractivity contribution in [3.05, 3.63) is 89.6 Å². The predicted molar refractivity (Wildman–Crippen MR) is 105 cm³/mol. The van der Waals surface area contributed by atoms with E-state index in [0.717, 1.165) is 16.9 Å². The number of halogens is 1. The molecule has 1 aromatic carbocycles. The van der Waals surface area contributed by atoms with Crippen molar-refractivity contribution in [2.24, 2.45) is 0 Å². The van der Waals surface area contributed by atoms with Crippen molar-refractivity contribution >= 4 is 17.5 Å². The molecule has 0 spiro atoms. The quantitative estimate of drug-likeness (QED) is 0.565. The predicted octanol–water partition coefficient (Wildman–Crippen LogP) is 3.31. The van der Waals surface area contributed by atoms with Crippen molar-refractivity contribution in [1.82, 2.24) is 30.3 Å². The first-order valence-corrected chi connectivity index (χ1v) is 8.90. The van der Waals surface area contributed by atoms with Crippen molar-refractivity contribution in [3.8, 4) is 16.9 Å². The zero-order valence-corrected chi connectivity index (χ0v) is 15.4. The number of carbonyl (C=O) groups excluding carboxylic acids is 1. The number of pyridine rings is 2. The minimum absolute atomic E-state index is 0.207. The van der Waals surface area contributed by atoms with E-state index in [1.54, 1.807) is 41.5 Å². The molecule has 1 amide bonds. The van der Waals surface area contributed by atoms with E-state index in [-0.39, 0.29) is 11.6 Å². The third-order valence-corrected chi connectivity index (χ3v) is 4.30. The van der Waals surface area contributed by atoms with E-state index < -0.39 is 0 Å². The van der Waals surface area contributed by atoms with Gasteiger partial charge in [-0.1, -0.05) is 22.9 Å². The molecule has 0 fully saturated rings. The van der Waals surface area contributed by atoms with Gasteiger partial charge in [0, 0.05) is 29.2 Å². The highest BCUT2D eigenvalue weighted by atomic mass is 35.5. The summed E-state index contributed by atoms with van der Waals surface area (Å²) in [6.07, 6.45) is 5.01. The van der Waals surface area contributed by atoms with Crippen LogP contribution in [0.2, 0.25) is 5.02 Å². The maximum atomic E-state index is 12.8. The van der Waals surface area contributed by atoms with Gasteiger partial charge in [0.2, 0.25) is 0 Å². The van der Waals surface area contributed by atoms with Gasteiger partial charge in [-0.05, 0) is 48.5 Å². The molecule has 0 aliphatic heterocycles. The van der Waals surface area contributed by atoms with Crippen LogP contribution in [-0.4, -0.2) is 30.9 Å². The fourth-order valence-electron chi connectivity index (χ4n) is 2.72. The summed E-state index contributed by atoms with van der Waals surface area (Å²) in [4.78, 5) is 21.2. The molecule has 1 N–H and O–H groups in total. The Morgan fingerprint density at radius 2 is 1.89 bits per heavy atom. The van der Waals surface area contributed by atoms with Gasteiger partial charge in [-0.15, -0.1) is 5.10 Å². The molecule has 4 rings (SSSR count). The van der Waals surface area contributed by atoms with Crippen LogP contribution in [-0.2, 0) is 6.54 Å². The lowest BCUT2D eigenvalue weighted by atomic mass is 10.1. The Morgan fingerprint density at radius 3 is 2.61 bits per heavy atom. The normalized spacial score (nSPS) is 10.6. The maximum absolute atomic E-state index is 12.8. The summed E-state index contributed by atoms with van der Waals surface area (Å²) in [6.45, 7) is 0.292. The van der Waals surface area contributed by atoms with Gasteiger partial charge in [0.25, 0.3) is 5.91 Å². The number of carbonyl (C=O) groups is 1. The molecule has 138 valence electrons. The molecular weight excluding hydrogens is 376 g/mol. The van der Waals surface area contributed by atoms with E-state index in [1.165, 1.54) is 0 Å². The second kappa shape index (κ2) is 7.98. The van der Waals surface area contributed by atoms with Crippen molar-refractivity contribution < 1.29 is 4.79 Å². The summed E-state index contributed by atoms with van der Waals surface area (Å²) >= 11 is 5.99. The lowest BCUT2D eigenvalue weighted by molar-refractivity contribution is 0.0946. The SMILES string of the molecule is O=C(NCc1ccccn1)c1nnn(-c2ccc(Cl)cc2)c1-c1cccnc1. The van der Waals surface area contributed by atoms with E-state index in [2.05, 4.69) is 25.6 Å². The van der Waals surface area contributed by atoms with Gasteiger partial charge in [0.1, 0.15) is 5.69 Å². The lowest BCUT2D eigenvalue weighted by Crippen LogP contribution is -2.24. The second-order valence-corrected chi connectivity index (χ2v) is 6.36. The van der Waals surface area contributed by atoms with Crippen molar-refractivity contribution in [3.63, 3.8) is 0 Å². The number of rotatable bonds is 5. The summed E-state index contributed by atoms with van der Waals surface area (Å²) in [7, 11) is 0. The van der Waals surface area contributed by atoms with Crippen LogP contribution in [0.5, 0.6) is 0 Å². The van der Waals surface area contributed by atoms with Crippen LogP contribution in [0.3, 0.4) is 0 Å². The maximum Gasteiger partial charge on any atom is 0.274 e. The summed E-state index contributed by atoms with van der Waals surface area (Å²) in [5.74, 6) is -0.343. The molecule has 0 saturated carbocycles. The fraction of sp³-hybridized carbons (Fsp3) is 0.0500. The number of amides is 1. The number of nitrogens with one attached hydrogen (secondary N) is 1. The topological polar surface area (TPSA) is 85.6 Å². The molecule has 0 saturated heterocycles. The van der Waals surface area contributed by atoms with Crippen LogP contribution in [0.15, 0.2) is 73.2 Å². The average molecular weight is 391 g/mol. The molecular formula is C20H15ClN6O. The zero-order chi connectivity index (χ0) is 19.3. The Bertz CT molecular complexity index is 1080. The van der Waals surface area contributed by atoms with Crippen LogP contribution in [0.4, 0.5) is 0 Å². The molecule has 4 aromatic rings. The highest BCUT2D eigenvalue weighted by Crippen LogP contribution is 2.25. The van der Waals surface area contributed by atoms with E-state index in [9.17, 15) is 4.79 Å². The van der Waals surface area contributed by atoms with Crippen LogP contribution < -0.4 is 5.32 Å². The van der Waals surface area contributed by atoms with Crippen molar-refractivity contribution in [1.29, 1.82) is 0 Å².